The smallest absolute Gasteiger partial charge is 0.245 e. The third kappa shape index (κ3) is 3.18. The number of imidazole rings is 1. The molecule has 2 N–H and O–H groups in total. The SMILES string of the molecule is N[C@@H]1c2ccccc2CC12CCN(c1ncc(Sc3cnc4ccccn34)nn1)CC2. The lowest BCUT2D eigenvalue weighted by atomic mass is 9.73. The number of benzene rings is 1. The number of nitrogens with two attached hydrogens (primary N) is 1. The molecule has 1 aromatic carbocycles. The van der Waals surface area contributed by atoms with Crippen LogP contribution in [0.25, 0.3) is 5.65 Å². The van der Waals surface area contributed by atoms with Gasteiger partial charge in [-0.1, -0.05) is 30.3 Å². The van der Waals surface area contributed by atoms with Crippen LogP contribution in [0.2, 0.25) is 0 Å². The van der Waals surface area contributed by atoms with Crippen molar-refractivity contribution in [1.82, 2.24) is 24.6 Å². The van der Waals surface area contributed by atoms with Crippen molar-refractivity contribution in [2.24, 2.45) is 11.1 Å². The van der Waals surface area contributed by atoms with Gasteiger partial charge in [-0.15, -0.1) is 10.2 Å². The van der Waals surface area contributed by atoms with E-state index in [1.54, 1.807) is 6.20 Å². The van der Waals surface area contributed by atoms with Gasteiger partial charge in [0.1, 0.15) is 15.7 Å². The maximum atomic E-state index is 6.69. The lowest BCUT2D eigenvalue weighted by molar-refractivity contribution is 0.186. The first-order valence-electron chi connectivity index (χ1n) is 10.6. The van der Waals surface area contributed by atoms with Crippen molar-refractivity contribution in [3.63, 3.8) is 0 Å². The van der Waals surface area contributed by atoms with E-state index in [2.05, 4.69) is 49.3 Å². The molecule has 4 aromatic rings. The number of piperidine rings is 1. The maximum absolute atomic E-state index is 6.69. The topological polar surface area (TPSA) is 85.2 Å². The molecule has 1 saturated heterocycles. The minimum absolute atomic E-state index is 0.120. The van der Waals surface area contributed by atoms with E-state index in [-0.39, 0.29) is 11.5 Å². The van der Waals surface area contributed by atoms with E-state index in [4.69, 9.17) is 5.73 Å². The molecule has 0 bridgehead atoms. The van der Waals surface area contributed by atoms with Gasteiger partial charge >= 0.3 is 0 Å². The summed E-state index contributed by atoms with van der Waals surface area (Å²) in [5, 5.41) is 10.6. The lowest BCUT2D eigenvalue weighted by Crippen LogP contribution is -2.45. The Labute approximate surface area is 184 Å². The highest BCUT2D eigenvalue weighted by Crippen LogP contribution is 2.50. The number of pyridine rings is 1. The molecule has 8 heteroatoms. The molecule has 1 aliphatic carbocycles. The van der Waals surface area contributed by atoms with Gasteiger partial charge in [-0.05, 0) is 59.7 Å². The van der Waals surface area contributed by atoms with Crippen LogP contribution in [0.5, 0.6) is 0 Å². The summed E-state index contributed by atoms with van der Waals surface area (Å²) < 4.78 is 2.03. The van der Waals surface area contributed by atoms with E-state index in [0.29, 0.717) is 5.95 Å². The number of hydrogen-bond donors (Lipinski definition) is 1. The molecule has 2 aliphatic rings. The second-order valence-electron chi connectivity index (χ2n) is 8.43. The fourth-order valence-electron chi connectivity index (χ4n) is 5.00. The number of nitrogens with zero attached hydrogens (tertiary/aromatic N) is 6. The van der Waals surface area contributed by atoms with Crippen LogP contribution >= 0.6 is 11.8 Å². The third-order valence-corrected chi connectivity index (χ3v) is 7.66. The van der Waals surface area contributed by atoms with Crippen molar-refractivity contribution in [3.05, 3.63) is 72.2 Å². The van der Waals surface area contributed by atoms with Gasteiger partial charge in [-0.2, -0.15) is 0 Å². The first-order chi connectivity index (χ1) is 15.2. The summed E-state index contributed by atoms with van der Waals surface area (Å²) in [6.07, 6.45) is 8.82. The second-order valence-corrected chi connectivity index (χ2v) is 9.47. The summed E-state index contributed by atoms with van der Waals surface area (Å²) in [7, 11) is 0. The van der Waals surface area contributed by atoms with Crippen LogP contribution in [0.15, 0.2) is 71.1 Å². The Morgan fingerprint density at radius 3 is 2.61 bits per heavy atom. The first kappa shape index (κ1) is 18.8. The van der Waals surface area contributed by atoms with E-state index in [0.717, 1.165) is 48.1 Å². The summed E-state index contributed by atoms with van der Waals surface area (Å²) in [5.41, 5.74) is 10.5. The zero-order valence-electron chi connectivity index (χ0n) is 17.1. The summed E-state index contributed by atoms with van der Waals surface area (Å²) >= 11 is 1.52. The highest BCUT2D eigenvalue weighted by atomic mass is 32.2. The number of anilines is 1. The van der Waals surface area contributed by atoms with Crippen LogP contribution in [0.3, 0.4) is 0 Å². The molecule has 0 radical (unpaired) electrons. The van der Waals surface area contributed by atoms with Crippen LogP contribution in [-0.4, -0.2) is 37.7 Å². The minimum Gasteiger partial charge on any atom is -0.339 e. The summed E-state index contributed by atoms with van der Waals surface area (Å²) in [6.45, 7) is 1.81. The van der Waals surface area contributed by atoms with Gasteiger partial charge in [0.2, 0.25) is 5.95 Å². The molecule has 6 rings (SSSR count). The Balaban J connectivity index is 1.14. The van der Waals surface area contributed by atoms with Gasteiger partial charge in [0.05, 0.1) is 12.4 Å². The lowest BCUT2D eigenvalue weighted by Gasteiger charge is -2.42. The second kappa shape index (κ2) is 7.32. The van der Waals surface area contributed by atoms with Gasteiger partial charge in [0.15, 0.2) is 0 Å². The zero-order chi connectivity index (χ0) is 20.8. The number of aromatic nitrogens is 5. The highest BCUT2D eigenvalue weighted by molar-refractivity contribution is 7.99. The summed E-state index contributed by atoms with van der Waals surface area (Å²) in [6, 6.07) is 14.7. The molecular weight excluding hydrogens is 406 g/mol. The van der Waals surface area contributed by atoms with E-state index < -0.39 is 0 Å². The molecule has 31 heavy (non-hydrogen) atoms. The Kier molecular flexibility index (Phi) is 4.43. The van der Waals surface area contributed by atoms with Crippen LogP contribution in [0.4, 0.5) is 5.95 Å². The van der Waals surface area contributed by atoms with E-state index >= 15 is 0 Å². The van der Waals surface area contributed by atoms with E-state index in [1.807, 2.05) is 35.0 Å². The molecule has 1 fully saturated rings. The first-order valence-corrected chi connectivity index (χ1v) is 11.4. The molecule has 3 aromatic heterocycles. The molecule has 156 valence electrons. The summed E-state index contributed by atoms with van der Waals surface area (Å²) in [5.74, 6) is 0.696. The Hall–Kier alpha value is -2.97. The van der Waals surface area contributed by atoms with E-state index in [1.165, 1.54) is 22.9 Å². The molecule has 0 saturated carbocycles. The van der Waals surface area contributed by atoms with Crippen molar-refractivity contribution in [2.45, 2.75) is 35.4 Å². The molecule has 4 heterocycles. The highest BCUT2D eigenvalue weighted by Gasteiger charge is 2.46. The monoisotopic (exact) mass is 429 g/mol. The average Bonchev–Trinajstić information content (AvgIpc) is 3.34. The van der Waals surface area contributed by atoms with Gasteiger partial charge in [-0.3, -0.25) is 4.40 Å². The fraction of sp³-hybridized carbons (Fsp3) is 0.304. The standard InChI is InChI=1S/C23H23N7S/c24-21-17-6-2-1-5-16(17)13-23(21)8-11-29(12-9-23)22-26-14-19(27-28-22)31-20-15-25-18-7-3-4-10-30(18)20/h1-7,10,14-15,21H,8-9,11-13,24H2/t21-/m1/s1. The molecule has 1 atom stereocenters. The van der Waals surface area contributed by atoms with Crippen molar-refractivity contribution in [1.29, 1.82) is 0 Å². The largest absolute Gasteiger partial charge is 0.339 e. The van der Waals surface area contributed by atoms with Gasteiger partial charge < -0.3 is 10.6 Å². The molecule has 0 amide bonds. The van der Waals surface area contributed by atoms with Gasteiger partial charge in [0.25, 0.3) is 0 Å². The average molecular weight is 430 g/mol. The predicted molar refractivity (Wildman–Crippen MR) is 120 cm³/mol. The molecule has 0 unspecified atom stereocenters. The minimum atomic E-state index is 0.120. The van der Waals surface area contributed by atoms with Crippen molar-refractivity contribution in [3.8, 4) is 0 Å². The molecular formula is C23H23N7S. The zero-order valence-corrected chi connectivity index (χ0v) is 17.9. The molecule has 1 spiro atoms. The van der Waals surface area contributed by atoms with Crippen LogP contribution in [-0.2, 0) is 6.42 Å². The number of hydrogen-bond acceptors (Lipinski definition) is 7. The van der Waals surface area contributed by atoms with Crippen molar-refractivity contribution in [2.75, 3.05) is 18.0 Å². The Bertz CT molecular complexity index is 1230. The van der Waals surface area contributed by atoms with Crippen LogP contribution in [0.1, 0.15) is 30.0 Å². The molecule has 1 aliphatic heterocycles. The van der Waals surface area contributed by atoms with Crippen LogP contribution in [0, 0.1) is 5.41 Å². The predicted octanol–water partition coefficient (Wildman–Crippen LogP) is 3.51. The Morgan fingerprint density at radius 2 is 1.81 bits per heavy atom. The maximum Gasteiger partial charge on any atom is 0.245 e. The van der Waals surface area contributed by atoms with Gasteiger partial charge in [0, 0.05) is 25.3 Å². The van der Waals surface area contributed by atoms with Gasteiger partial charge in [-0.25, -0.2) is 9.97 Å². The third-order valence-electron chi connectivity index (χ3n) is 6.76. The normalized spacial score (nSPS) is 19.8. The molecule has 7 nitrogen and oxygen atoms in total. The number of rotatable bonds is 3. The van der Waals surface area contributed by atoms with E-state index in [9.17, 15) is 0 Å². The number of fused-ring (bicyclic) bond motifs is 2. The summed E-state index contributed by atoms with van der Waals surface area (Å²) in [4.78, 5) is 11.3. The fourth-order valence-corrected chi connectivity index (χ4v) is 5.76. The van der Waals surface area contributed by atoms with Crippen LogP contribution < -0.4 is 10.6 Å². The van der Waals surface area contributed by atoms with Crippen molar-refractivity contribution < 1.29 is 0 Å². The van der Waals surface area contributed by atoms with Crippen molar-refractivity contribution >= 4 is 23.4 Å². The quantitative estimate of drug-likeness (QED) is 0.533. The Morgan fingerprint density at radius 1 is 0.968 bits per heavy atom.